The molecule has 0 spiro atoms. The number of carbonyl (C=O) groups excluding carboxylic acids is 1. The van der Waals surface area contributed by atoms with Gasteiger partial charge in [-0.05, 0) is 66.3 Å². The van der Waals surface area contributed by atoms with Crippen molar-refractivity contribution < 1.29 is 9.90 Å². The van der Waals surface area contributed by atoms with Crippen LogP contribution in [0.4, 0.5) is 0 Å². The van der Waals surface area contributed by atoms with E-state index in [0.717, 1.165) is 37.9 Å². The maximum absolute atomic E-state index is 13.4. The minimum Gasteiger partial charge on any atom is -0.507 e. The first kappa shape index (κ1) is 19.4. The summed E-state index contributed by atoms with van der Waals surface area (Å²) in [7, 11) is 0. The molecule has 0 saturated heterocycles. The van der Waals surface area contributed by atoms with E-state index in [-0.39, 0.29) is 11.7 Å². The van der Waals surface area contributed by atoms with Gasteiger partial charge in [-0.2, -0.15) is 0 Å². The van der Waals surface area contributed by atoms with Gasteiger partial charge in [-0.3, -0.25) is 4.79 Å². The summed E-state index contributed by atoms with van der Waals surface area (Å²) in [5, 5.41) is 10.0. The molecule has 0 amide bonds. The number of carbonyl (C=O) groups is 1. The third-order valence-corrected chi connectivity index (χ3v) is 5.48. The number of halogens is 1. The van der Waals surface area contributed by atoms with Gasteiger partial charge >= 0.3 is 0 Å². The number of hydrogen-bond donors (Lipinski definition) is 1. The molecule has 3 rings (SSSR count). The van der Waals surface area contributed by atoms with E-state index in [4.69, 9.17) is 0 Å². The predicted molar refractivity (Wildman–Crippen MR) is 113 cm³/mol. The largest absolute Gasteiger partial charge is 0.507 e. The van der Waals surface area contributed by atoms with Gasteiger partial charge in [-0.1, -0.05) is 64.5 Å². The fourth-order valence-electron chi connectivity index (χ4n) is 3.56. The monoisotopic (exact) mass is 422 g/mol. The van der Waals surface area contributed by atoms with Crippen LogP contribution in [0.3, 0.4) is 0 Å². The molecular weight excluding hydrogens is 400 g/mol. The second-order valence-electron chi connectivity index (χ2n) is 7.06. The van der Waals surface area contributed by atoms with Crippen LogP contribution in [-0.2, 0) is 11.2 Å². The standard InChI is InChI=1S/C24H23BrO2/c1-15-6-4-5-7-21(15)23(19-8-10-20(25)11-9-19)22(26)14-18-12-16(2)24(27)17(3)13-18/h4-13,23,27H,14H2,1-3H3. The van der Waals surface area contributed by atoms with E-state index in [0.29, 0.717) is 12.2 Å². The molecule has 0 radical (unpaired) electrons. The zero-order valence-corrected chi connectivity index (χ0v) is 17.4. The maximum atomic E-state index is 13.4. The van der Waals surface area contributed by atoms with Crippen molar-refractivity contribution in [1.29, 1.82) is 0 Å². The molecule has 3 aromatic carbocycles. The number of benzene rings is 3. The molecule has 0 saturated carbocycles. The smallest absolute Gasteiger partial charge is 0.149 e. The van der Waals surface area contributed by atoms with E-state index in [9.17, 15) is 9.90 Å². The van der Waals surface area contributed by atoms with Crippen LogP contribution in [-0.4, -0.2) is 10.9 Å². The first-order chi connectivity index (χ1) is 12.9. The number of aromatic hydroxyl groups is 1. The second-order valence-corrected chi connectivity index (χ2v) is 7.98. The average molecular weight is 423 g/mol. The van der Waals surface area contributed by atoms with Crippen LogP contribution in [0, 0.1) is 20.8 Å². The third-order valence-electron chi connectivity index (χ3n) is 4.95. The number of ketones is 1. The van der Waals surface area contributed by atoms with Crippen LogP contribution in [0.5, 0.6) is 5.75 Å². The van der Waals surface area contributed by atoms with Gasteiger partial charge in [0.05, 0.1) is 5.92 Å². The summed E-state index contributed by atoms with van der Waals surface area (Å²) in [5.41, 5.74) is 5.67. The van der Waals surface area contributed by atoms with Crippen LogP contribution in [0.1, 0.15) is 39.3 Å². The number of Topliss-reactive ketones (excluding diaryl/α,β-unsaturated/α-hetero) is 1. The quantitative estimate of drug-likeness (QED) is 0.545. The van der Waals surface area contributed by atoms with E-state index in [2.05, 4.69) is 15.9 Å². The molecule has 0 fully saturated rings. The minimum absolute atomic E-state index is 0.149. The van der Waals surface area contributed by atoms with Crippen molar-refractivity contribution in [3.63, 3.8) is 0 Å². The van der Waals surface area contributed by atoms with Crippen LogP contribution < -0.4 is 0 Å². The second kappa shape index (κ2) is 8.10. The lowest BCUT2D eigenvalue weighted by Crippen LogP contribution is -2.17. The summed E-state index contributed by atoms with van der Waals surface area (Å²) in [6.45, 7) is 5.77. The highest BCUT2D eigenvalue weighted by Gasteiger charge is 2.24. The van der Waals surface area contributed by atoms with Gasteiger partial charge in [0, 0.05) is 10.9 Å². The lowest BCUT2D eigenvalue weighted by atomic mass is 9.83. The SMILES string of the molecule is Cc1ccccc1C(C(=O)Cc1cc(C)c(O)c(C)c1)c1ccc(Br)cc1. The number of rotatable bonds is 5. The normalized spacial score (nSPS) is 12.0. The van der Waals surface area contributed by atoms with Gasteiger partial charge < -0.3 is 5.11 Å². The number of aryl methyl sites for hydroxylation is 3. The molecule has 27 heavy (non-hydrogen) atoms. The molecule has 3 aromatic rings. The number of phenolic OH excluding ortho intramolecular Hbond substituents is 1. The zero-order chi connectivity index (χ0) is 19.6. The van der Waals surface area contributed by atoms with Crippen molar-refractivity contribution in [2.75, 3.05) is 0 Å². The molecule has 0 bridgehead atoms. The van der Waals surface area contributed by atoms with E-state index in [1.807, 2.05) is 81.4 Å². The summed E-state index contributed by atoms with van der Waals surface area (Å²) in [4.78, 5) is 13.4. The summed E-state index contributed by atoms with van der Waals surface area (Å²) in [6.07, 6.45) is 0.330. The summed E-state index contributed by atoms with van der Waals surface area (Å²) in [5.74, 6) is 0.138. The van der Waals surface area contributed by atoms with E-state index in [1.54, 1.807) is 0 Å². The number of hydrogen-bond acceptors (Lipinski definition) is 2. The Bertz CT molecular complexity index is 951. The first-order valence-electron chi connectivity index (χ1n) is 8.99. The van der Waals surface area contributed by atoms with E-state index >= 15 is 0 Å². The molecular formula is C24H23BrO2. The maximum Gasteiger partial charge on any atom is 0.149 e. The highest BCUT2D eigenvalue weighted by atomic mass is 79.9. The van der Waals surface area contributed by atoms with Crippen LogP contribution in [0.2, 0.25) is 0 Å². The molecule has 1 atom stereocenters. The molecule has 0 aromatic heterocycles. The highest BCUT2D eigenvalue weighted by Crippen LogP contribution is 2.31. The Morgan fingerprint density at radius 3 is 2.11 bits per heavy atom. The van der Waals surface area contributed by atoms with Crippen LogP contribution in [0.25, 0.3) is 0 Å². The van der Waals surface area contributed by atoms with Crippen LogP contribution >= 0.6 is 15.9 Å². The Hall–Kier alpha value is -2.39. The van der Waals surface area contributed by atoms with Crippen molar-refractivity contribution in [3.8, 4) is 5.75 Å². The summed E-state index contributed by atoms with van der Waals surface area (Å²) in [6, 6.07) is 19.8. The van der Waals surface area contributed by atoms with Crippen molar-refractivity contribution in [2.45, 2.75) is 33.1 Å². The van der Waals surface area contributed by atoms with Gasteiger partial charge in [-0.15, -0.1) is 0 Å². The molecule has 0 aliphatic heterocycles. The fraction of sp³-hybridized carbons (Fsp3) is 0.208. The minimum atomic E-state index is -0.311. The first-order valence-corrected chi connectivity index (χ1v) is 9.79. The Morgan fingerprint density at radius 1 is 0.926 bits per heavy atom. The van der Waals surface area contributed by atoms with Crippen molar-refractivity contribution >= 4 is 21.7 Å². The van der Waals surface area contributed by atoms with Gasteiger partial charge in [0.25, 0.3) is 0 Å². The van der Waals surface area contributed by atoms with Gasteiger partial charge in [-0.25, -0.2) is 0 Å². The van der Waals surface area contributed by atoms with E-state index < -0.39 is 0 Å². The molecule has 0 aliphatic carbocycles. The summed E-state index contributed by atoms with van der Waals surface area (Å²) >= 11 is 3.47. The third kappa shape index (κ3) is 4.30. The highest BCUT2D eigenvalue weighted by molar-refractivity contribution is 9.10. The zero-order valence-electron chi connectivity index (χ0n) is 15.8. The molecule has 1 N–H and O–H groups in total. The molecule has 138 valence electrons. The number of phenols is 1. The lowest BCUT2D eigenvalue weighted by Gasteiger charge is -2.20. The van der Waals surface area contributed by atoms with Gasteiger partial charge in [0.1, 0.15) is 11.5 Å². The Labute approximate surface area is 169 Å². The fourth-order valence-corrected chi connectivity index (χ4v) is 3.82. The Morgan fingerprint density at radius 2 is 1.52 bits per heavy atom. The van der Waals surface area contributed by atoms with Gasteiger partial charge in [0.15, 0.2) is 0 Å². The van der Waals surface area contributed by atoms with E-state index in [1.165, 1.54) is 0 Å². The molecule has 1 unspecified atom stereocenters. The Balaban J connectivity index is 2.01. The molecule has 0 aliphatic rings. The summed E-state index contributed by atoms with van der Waals surface area (Å²) < 4.78 is 0.993. The molecule has 2 nitrogen and oxygen atoms in total. The van der Waals surface area contributed by atoms with Crippen molar-refractivity contribution in [3.05, 3.63) is 98.5 Å². The Kier molecular flexibility index (Phi) is 5.81. The van der Waals surface area contributed by atoms with Gasteiger partial charge in [0.2, 0.25) is 0 Å². The van der Waals surface area contributed by atoms with Crippen molar-refractivity contribution in [2.24, 2.45) is 0 Å². The molecule has 0 heterocycles. The lowest BCUT2D eigenvalue weighted by molar-refractivity contribution is -0.119. The molecule has 3 heteroatoms. The predicted octanol–water partition coefficient (Wildman–Crippen LogP) is 6.02. The van der Waals surface area contributed by atoms with Crippen molar-refractivity contribution in [1.82, 2.24) is 0 Å². The van der Waals surface area contributed by atoms with Crippen LogP contribution in [0.15, 0.2) is 65.1 Å². The average Bonchev–Trinajstić information content (AvgIpc) is 2.63. The topological polar surface area (TPSA) is 37.3 Å².